The summed E-state index contributed by atoms with van der Waals surface area (Å²) in [7, 11) is 0. The van der Waals surface area contributed by atoms with Crippen LogP contribution in [0.2, 0.25) is 0 Å². The first-order chi connectivity index (χ1) is 15.2. The summed E-state index contributed by atoms with van der Waals surface area (Å²) in [6.07, 6.45) is 6.21. The van der Waals surface area contributed by atoms with Crippen LogP contribution in [0.5, 0.6) is 0 Å². The van der Waals surface area contributed by atoms with Crippen molar-refractivity contribution in [2.45, 2.75) is 5.92 Å². The molecule has 0 aliphatic carbocycles. The molecule has 0 amide bonds. The van der Waals surface area contributed by atoms with Gasteiger partial charge < -0.3 is 9.97 Å². The first-order valence-electron chi connectivity index (χ1n) is 10.1. The normalized spacial score (nSPS) is 11.8. The van der Waals surface area contributed by atoms with E-state index in [9.17, 15) is 0 Å². The number of para-hydroxylation sites is 3. The number of aromatic amines is 2. The predicted octanol–water partition coefficient (Wildman–Crippen LogP) is 7.90. The molecule has 6 rings (SSSR count). The van der Waals surface area contributed by atoms with E-state index in [1.165, 1.54) is 32.8 Å². The smallest absolute Gasteiger partial charge is 0.0705 e. The van der Waals surface area contributed by atoms with Gasteiger partial charge in [0.2, 0.25) is 0 Å². The van der Waals surface area contributed by atoms with Crippen LogP contribution in [0, 0.1) is 0 Å². The van der Waals surface area contributed by atoms with E-state index in [-0.39, 0.29) is 5.92 Å². The van der Waals surface area contributed by atoms with Gasteiger partial charge in [0.05, 0.1) is 16.6 Å². The van der Waals surface area contributed by atoms with Gasteiger partial charge in [-0.25, -0.2) is 0 Å². The van der Waals surface area contributed by atoms with Gasteiger partial charge in [-0.3, -0.25) is 4.98 Å². The van der Waals surface area contributed by atoms with Crippen LogP contribution in [0.25, 0.3) is 32.7 Å². The first-order valence-corrected chi connectivity index (χ1v) is 11.7. The molecule has 3 nitrogen and oxygen atoms in total. The van der Waals surface area contributed by atoms with Crippen molar-refractivity contribution in [3.63, 3.8) is 0 Å². The third-order valence-corrected chi connectivity index (χ3v) is 7.33. The summed E-state index contributed by atoms with van der Waals surface area (Å²) in [5.41, 5.74) is 6.96. The van der Waals surface area contributed by atoms with Crippen LogP contribution < -0.4 is 0 Å². The number of hydrogen-bond donors (Lipinski definition) is 2. The van der Waals surface area contributed by atoms with Crippen molar-refractivity contribution in [3.8, 4) is 0 Å². The van der Waals surface area contributed by atoms with Gasteiger partial charge in [0.15, 0.2) is 0 Å². The number of H-pyrrole nitrogens is 2. The third kappa shape index (κ3) is 2.95. The number of fused-ring (bicyclic) bond motifs is 3. The van der Waals surface area contributed by atoms with Crippen molar-refractivity contribution in [2.75, 3.05) is 0 Å². The number of hydrogen-bond acceptors (Lipinski definition) is 1. The van der Waals surface area contributed by atoms with Gasteiger partial charge in [0.25, 0.3) is 0 Å². The molecule has 150 valence electrons. The Morgan fingerprint density at radius 1 is 0.613 bits per heavy atom. The van der Waals surface area contributed by atoms with Gasteiger partial charge >= 0.3 is 0 Å². The summed E-state index contributed by atoms with van der Waals surface area (Å²) in [4.78, 5) is 11.6. The van der Waals surface area contributed by atoms with Crippen LogP contribution in [0.3, 0.4) is 0 Å². The van der Waals surface area contributed by atoms with Crippen molar-refractivity contribution in [1.29, 1.82) is 0 Å². The maximum atomic E-state index is 4.61. The third-order valence-electron chi connectivity index (χ3n) is 6.01. The van der Waals surface area contributed by atoms with Crippen LogP contribution in [0.1, 0.15) is 22.6 Å². The summed E-state index contributed by atoms with van der Waals surface area (Å²) in [5.74, 6) is 0.0407. The molecule has 2 N–H and O–H groups in total. The number of aromatic nitrogens is 3. The summed E-state index contributed by atoms with van der Waals surface area (Å²) in [6.45, 7) is 0. The fraction of sp³-hybridized carbons (Fsp3) is 0.0385. The molecule has 31 heavy (non-hydrogen) atoms. The highest BCUT2D eigenvalue weighted by Gasteiger charge is 2.25. The molecule has 0 bridgehead atoms. The lowest BCUT2D eigenvalue weighted by molar-refractivity contribution is 1.01. The molecule has 6 aromatic rings. The minimum Gasteiger partial charge on any atom is -0.360 e. The van der Waals surface area contributed by atoms with Crippen molar-refractivity contribution in [3.05, 3.63) is 111 Å². The number of pyridine rings is 1. The Morgan fingerprint density at radius 3 is 1.84 bits per heavy atom. The molecule has 0 unspecified atom stereocenters. The van der Waals surface area contributed by atoms with Gasteiger partial charge in [-0.15, -0.1) is 0 Å². The maximum Gasteiger partial charge on any atom is 0.0705 e. The van der Waals surface area contributed by atoms with Crippen molar-refractivity contribution < 1.29 is 0 Å². The summed E-state index contributed by atoms with van der Waals surface area (Å²) in [5, 5.41) is 3.60. The monoisotopic (exact) mass is 529 g/mol. The van der Waals surface area contributed by atoms with E-state index in [0.29, 0.717) is 0 Å². The van der Waals surface area contributed by atoms with Gasteiger partial charge in [0, 0.05) is 49.6 Å². The Morgan fingerprint density at radius 2 is 1.19 bits per heavy atom. The second-order valence-electron chi connectivity index (χ2n) is 7.66. The molecule has 0 atom stereocenters. The minimum absolute atomic E-state index is 0.0407. The quantitative estimate of drug-likeness (QED) is 0.240. The molecule has 5 heteroatoms. The molecular weight excluding hydrogens is 514 g/mol. The zero-order chi connectivity index (χ0) is 20.9. The predicted molar refractivity (Wildman–Crippen MR) is 135 cm³/mol. The molecule has 0 saturated carbocycles. The molecule has 3 heterocycles. The Hall–Kier alpha value is -2.89. The van der Waals surface area contributed by atoms with Crippen molar-refractivity contribution in [1.82, 2.24) is 15.0 Å². The molecule has 0 radical (unpaired) electrons. The van der Waals surface area contributed by atoms with Crippen LogP contribution in [-0.2, 0) is 0 Å². The number of halogens is 2. The zero-order valence-corrected chi connectivity index (χ0v) is 19.5. The molecular formula is C26H17Br2N3. The average Bonchev–Trinajstić information content (AvgIpc) is 3.41. The average molecular weight is 531 g/mol. The molecule has 0 saturated heterocycles. The fourth-order valence-electron chi connectivity index (χ4n) is 4.63. The van der Waals surface area contributed by atoms with E-state index in [2.05, 4.69) is 120 Å². The second kappa shape index (κ2) is 7.36. The SMILES string of the molecule is Brc1cccc2c(C(c3ccnc4ccccc34)c3c[nH]c4c(Br)cccc34)c[nH]c12. The summed E-state index contributed by atoms with van der Waals surface area (Å²) >= 11 is 7.40. The lowest BCUT2D eigenvalue weighted by Gasteiger charge is -2.19. The highest BCUT2D eigenvalue weighted by atomic mass is 79.9. The van der Waals surface area contributed by atoms with E-state index in [0.717, 1.165) is 25.5 Å². The molecule has 0 aliphatic heterocycles. The minimum atomic E-state index is 0.0407. The standard InChI is InChI=1S/C26H17Br2N3/c27-21-8-3-6-17-19(13-30-25(17)21)24(16-11-12-29-23-10-2-1-5-15(16)23)20-14-31-26-18(20)7-4-9-22(26)28/h1-14,24,30-31H. The van der Waals surface area contributed by atoms with Gasteiger partial charge in [-0.1, -0.05) is 42.5 Å². The number of rotatable bonds is 3. The van der Waals surface area contributed by atoms with E-state index in [4.69, 9.17) is 0 Å². The largest absolute Gasteiger partial charge is 0.360 e. The lowest BCUT2D eigenvalue weighted by atomic mass is 9.83. The fourth-order valence-corrected chi connectivity index (χ4v) is 5.59. The molecule has 3 aromatic heterocycles. The van der Waals surface area contributed by atoms with Crippen LogP contribution >= 0.6 is 31.9 Å². The Labute approximate surface area is 195 Å². The van der Waals surface area contributed by atoms with E-state index < -0.39 is 0 Å². The molecule has 0 fully saturated rings. The van der Waals surface area contributed by atoms with Crippen molar-refractivity contribution in [2.24, 2.45) is 0 Å². The Kier molecular flexibility index (Phi) is 4.47. The molecule has 0 aliphatic rings. The highest BCUT2D eigenvalue weighted by molar-refractivity contribution is 9.11. The zero-order valence-electron chi connectivity index (χ0n) is 16.4. The maximum absolute atomic E-state index is 4.61. The second-order valence-corrected chi connectivity index (χ2v) is 9.37. The number of nitrogens with one attached hydrogen (secondary N) is 2. The Balaban J connectivity index is 1.72. The van der Waals surface area contributed by atoms with Gasteiger partial charge in [-0.05, 0) is 72.8 Å². The van der Waals surface area contributed by atoms with Gasteiger partial charge in [-0.2, -0.15) is 0 Å². The van der Waals surface area contributed by atoms with Gasteiger partial charge in [0.1, 0.15) is 0 Å². The molecule has 3 aromatic carbocycles. The first kappa shape index (κ1) is 18.8. The van der Waals surface area contributed by atoms with Crippen LogP contribution in [0.15, 0.2) is 94.3 Å². The van der Waals surface area contributed by atoms with E-state index in [1.54, 1.807) is 0 Å². The molecule has 0 spiro atoms. The Bertz CT molecular complexity index is 1490. The van der Waals surface area contributed by atoms with Crippen LogP contribution in [0.4, 0.5) is 0 Å². The van der Waals surface area contributed by atoms with E-state index in [1.807, 2.05) is 12.3 Å². The summed E-state index contributed by atoms with van der Waals surface area (Å²) < 4.78 is 2.13. The van der Waals surface area contributed by atoms with Crippen molar-refractivity contribution >= 4 is 64.6 Å². The summed E-state index contributed by atoms with van der Waals surface area (Å²) in [6, 6.07) is 23.2. The number of nitrogens with zero attached hydrogens (tertiary/aromatic N) is 1. The highest BCUT2D eigenvalue weighted by Crippen LogP contribution is 2.43. The topological polar surface area (TPSA) is 44.5 Å². The van der Waals surface area contributed by atoms with Crippen LogP contribution in [-0.4, -0.2) is 15.0 Å². The number of benzene rings is 3. The lowest BCUT2D eigenvalue weighted by Crippen LogP contribution is -2.04. The van der Waals surface area contributed by atoms with E-state index >= 15 is 0 Å².